The highest BCUT2D eigenvalue weighted by Gasteiger charge is 2.37. The molecule has 23 heavy (non-hydrogen) atoms. The van der Waals surface area contributed by atoms with Crippen LogP contribution in [0.4, 0.5) is 0 Å². The zero-order valence-electron chi connectivity index (χ0n) is 14.8. The fourth-order valence-corrected chi connectivity index (χ4v) is 4.42. The van der Waals surface area contributed by atoms with Gasteiger partial charge in [0, 0.05) is 13.1 Å². The van der Waals surface area contributed by atoms with Gasteiger partial charge in [-0.15, -0.1) is 0 Å². The van der Waals surface area contributed by atoms with Crippen LogP contribution in [0.5, 0.6) is 0 Å². The molecule has 1 fully saturated rings. The standard InChI is InChI=1S/C18H32N2O3/c1-11(2)17-12(3)6-5-7-14(17)19-20(4)15-9-8-13(18(22)23)10-16(15)21/h5,7,11-17,19,21H,6,8-10H2,1-4H3,(H,22,23). The van der Waals surface area contributed by atoms with Gasteiger partial charge in [0.25, 0.3) is 0 Å². The van der Waals surface area contributed by atoms with E-state index in [1.54, 1.807) is 0 Å². The number of hydrogen-bond acceptors (Lipinski definition) is 4. The molecule has 0 aromatic rings. The zero-order valence-corrected chi connectivity index (χ0v) is 14.8. The molecular formula is C18H32N2O3. The van der Waals surface area contributed by atoms with E-state index in [9.17, 15) is 9.90 Å². The predicted molar refractivity (Wildman–Crippen MR) is 90.7 cm³/mol. The number of hydrogen-bond donors (Lipinski definition) is 3. The molecule has 132 valence electrons. The van der Waals surface area contributed by atoms with Gasteiger partial charge >= 0.3 is 5.97 Å². The Hall–Kier alpha value is -0.910. The monoisotopic (exact) mass is 324 g/mol. The van der Waals surface area contributed by atoms with E-state index in [1.807, 2.05) is 12.1 Å². The summed E-state index contributed by atoms with van der Waals surface area (Å²) in [7, 11) is 1.97. The molecule has 6 atom stereocenters. The summed E-state index contributed by atoms with van der Waals surface area (Å²) >= 11 is 0. The van der Waals surface area contributed by atoms with Gasteiger partial charge in [-0.2, -0.15) is 0 Å². The van der Waals surface area contributed by atoms with Crippen LogP contribution in [0.25, 0.3) is 0 Å². The molecule has 0 saturated heterocycles. The Morgan fingerprint density at radius 1 is 1.35 bits per heavy atom. The number of nitrogens with one attached hydrogen (secondary N) is 1. The van der Waals surface area contributed by atoms with E-state index in [0.29, 0.717) is 37.0 Å². The van der Waals surface area contributed by atoms with Crippen LogP contribution in [0.15, 0.2) is 12.2 Å². The van der Waals surface area contributed by atoms with E-state index in [0.717, 1.165) is 6.42 Å². The van der Waals surface area contributed by atoms with E-state index in [-0.39, 0.29) is 12.1 Å². The molecule has 0 aromatic heterocycles. The lowest BCUT2D eigenvalue weighted by Crippen LogP contribution is -2.57. The Labute approximate surface area is 139 Å². The molecule has 6 unspecified atom stereocenters. The van der Waals surface area contributed by atoms with Crippen LogP contribution in [-0.2, 0) is 4.79 Å². The van der Waals surface area contributed by atoms with E-state index in [2.05, 4.69) is 38.3 Å². The molecule has 0 aromatic carbocycles. The molecule has 0 spiro atoms. The fraction of sp³-hybridized carbons (Fsp3) is 0.833. The molecule has 1 saturated carbocycles. The van der Waals surface area contributed by atoms with Crippen molar-refractivity contribution in [1.29, 1.82) is 0 Å². The number of carboxylic acid groups (broad SMARTS) is 1. The number of allylic oxidation sites excluding steroid dienone is 1. The lowest BCUT2D eigenvalue weighted by atomic mass is 9.74. The van der Waals surface area contributed by atoms with E-state index < -0.39 is 18.0 Å². The highest BCUT2D eigenvalue weighted by molar-refractivity contribution is 5.70. The topological polar surface area (TPSA) is 72.8 Å². The van der Waals surface area contributed by atoms with Gasteiger partial charge in [-0.05, 0) is 43.4 Å². The summed E-state index contributed by atoms with van der Waals surface area (Å²) in [5.41, 5.74) is 3.56. The number of likely N-dealkylation sites (N-methyl/N-ethyl adjacent to an activating group) is 1. The number of aliphatic hydroxyl groups excluding tert-OH is 1. The van der Waals surface area contributed by atoms with Gasteiger partial charge in [0.1, 0.15) is 0 Å². The van der Waals surface area contributed by atoms with Crippen LogP contribution in [0.3, 0.4) is 0 Å². The van der Waals surface area contributed by atoms with Crippen LogP contribution in [-0.4, -0.2) is 46.4 Å². The van der Waals surface area contributed by atoms with Gasteiger partial charge in [0.2, 0.25) is 0 Å². The molecule has 0 radical (unpaired) electrons. The smallest absolute Gasteiger partial charge is 0.306 e. The number of hydrazine groups is 1. The number of nitrogens with zero attached hydrogens (tertiary/aromatic N) is 1. The van der Waals surface area contributed by atoms with Gasteiger partial charge < -0.3 is 10.2 Å². The molecule has 5 nitrogen and oxygen atoms in total. The second-order valence-corrected chi connectivity index (χ2v) is 7.71. The first-order valence-electron chi connectivity index (χ1n) is 8.87. The fourth-order valence-electron chi connectivity index (χ4n) is 4.42. The molecule has 2 aliphatic rings. The summed E-state index contributed by atoms with van der Waals surface area (Å²) in [6.07, 6.45) is 6.70. The summed E-state index contributed by atoms with van der Waals surface area (Å²) in [6.45, 7) is 6.83. The Morgan fingerprint density at radius 3 is 2.61 bits per heavy atom. The molecule has 0 aliphatic heterocycles. The highest BCUT2D eigenvalue weighted by atomic mass is 16.4. The Balaban J connectivity index is 1.98. The molecule has 0 heterocycles. The predicted octanol–water partition coefficient (Wildman–Crippen LogP) is 2.27. The number of aliphatic hydroxyl groups is 1. The zero-order chi connectivity index (χ0) is 17.1. The molecule has 3 N–H and O–H groups in total. The molecule has 2 aliphatic carbocycles. The molecule has 0 bridgehead atoms. The Morgan fingerprint density at radius 2 is 2.04 bits per heavy atom. The first kappa shape index (κ1) is 18.4. The van der Waals surface area contributed by atoms with Crippen molar-refractivity contribution in [3.8, 4) is 0 Å². The average molecular weight is 324 g/mol. The van der Waals surface area contributed by atoms with E-state index >= 15 is 0 Å². The quantitative estimate of drug-likeness (QED) is 0.534. The van der Waals surface area contributed by atoms with Crippen LogP contribution < -0.4 is 5.43 Å². The highest BCUT2D eigenvalue weighted by Crippen LogP contribution is 2.33. The van der Waals surface area contributed by atoms with E-state index in [1.165, 1.54) is 0 Å². The van der Waals surface area contributed by atoms with Gasteiger partial charge in [-0.1, -0.05) is 32.9 Å². The summed E-state index contributed by atoms with van der Waals surface area (Å²) in [5.74, 6) is 0.594. The SMILES string of the molecule is CC(C)C1C(C)CC=CC1NN(C)C1CCC(C(=O)O)CC1O. The second kappa shape index (κ2) is 7.77. The Bertz CT molecular complexity index is 438. The van der Waals surface area contributed by atoms with Crippen LogP contribution in [0, 0.1) is 23.7 Å². The van der Waals surface area contributed by atoms with Crippen molar-refractivity contribution in [2.24, 2.45) is 23.7 Å². The number of rotatable bonds is 5. The summed E-state index contributed by atoms with van der Waals surface area (Å²) in [6, 6.07) is 0.247. The van der Waals surface area contributed by atoms with Crippen molar-refractivity contribution in [3.63, 3.8) is 0 Å². The van der Waals surface area contributed by atoms with Crippen LogP contribution >= 0.6 is 0 Å². The van der Waals surface area contributed by atoms with Crippen molar-refractivity contribution in [2.45, 2.75) is 64.6 Å². The maximum atomic E-state index is 11.1. The third-order valence-corrected chi connectivity index (χ3v) is 5.67. The minimum absolute atomic E-state index is 0.0240. The first-order chi connectivity index (χ1) is 10.8. The van der Waals surface area contributed by atoms with Gasteiger partial charge in [0.05, 0.1) is 18.1 Å². The third kappa shape index (κ3) is 4.34. The van der Waals surface area contributed by atoms with E-state index in [4.69, 9.17) is 5.11 Å². The number of carbonyl (C=O) groups is 1. The van der Waals surface area contributed by atoms with Crippen LogP contribution in [0.2, 0.25) is 0 Å². The van der Waals surface area contributed by atoms with Crippen molar-refractivity contribution < 1.29 is 15.0 Å². The van der Waals surface area contributed by atoms with Crippen molar-refractivity contribution >= 4 is 5.97 Å². The maximum Gasteiger partial charge on any atom is 0.306 e. The molecule has 5 heteroatoms. The second-order valence-electron chi connectivity index (χ2n) is 7.71. The largest absolute Gasteiger partial charge is 0.481 e. The normalized spacial score (nSPS) is 38.2. The summed E-state index contributed by atoms with van der Waals surface area (Å²) in [4.78, 5) is 11.1. The lowest BCUT2D eigenvalue weighted by molar-refractivity contribution is -0.145. The molecular weight excluding hydrogens is 292 g/mol. The van der Waals surface area contributed by atoms with Crippen molar-refractivity contribution in [1.82, 2.24) is 10.4 Å². The maximum absolute atomic E-state index is 11.1. The molecule has 2 rings (SSSR count). The Kier molecular flexibility index (Phi) is 6.23. The minimum Gasteiger partial charge on any atom is -0.481 e. The van der Waals surface area contributed by atoms with Gasteiger partial charge in [0.15, 0.2) is 0 Å². The number of aliphatic carboxylic acids is 1. The van der Waals surface area contributed by atoms with Crippen LogP contribution in [0.1, 0.15) is 46.5 Å². The van der Waals surface area contributed by atoms with Crippen molar-refractivity contribution in [2.75, 3.05) is 7.05 Å². The van der Waals surface area contributed by atoms with Crippen molar-refractivity contribution in [3.05, 3.63) is 12.2 Å². The average Bonchev–Trinajstić information content (AvgIpc) is 2.46. The van der Waals surface area contributed by atoms with Gasteiger partial charge in [-0.25, -0.2) is 10.4 Å². The summed E-state index contributed by atoms with van der Waals surface area (Å²) < 4.78 is 0. The lowest BCUT2D eigenvalue weighted by Gasteiger charge is -2.43. The third-order valence-electron chi connectivity index (χ3n) is 5.67. The molecule has 0 amide bonds. The summed E-state index contributed by atoms with van der Waals surface area (Å²) in [5, 5.41) is 21.5. The number of carboxylic acids is 1. The van der Waals surface area contributed by atoms with Gasteiger partial charge in [-0.3, -0.25) is 4.79 Å². The first-order valence-corrected chi connectivity index (χ1v) is 8.87. The minimum atomic E-state index is -0.790.